The number of carbonyl (C=O) groups excluding carboxylic acids is 1. The quantitative estimate of drug-likeness (QED) is 0.250. The maximum atomic E-state index is 13.9. The molecule has 4 aromatic rings. The van der Waals surface area contributed by atoms with Crippen molar-refractivity contribution in [2.24, 2.45) is 0 Å². The minimum absolute atomic E-state index is 0.00144. The smallest absolute Gasteiger partial charge is 0.247 e. The fraction of sp³-hybridized carbons (Fsp3) is 0.333. The molecule has 0 spiro atoms. The predicted octanol–water partition coefficient (Wildman–Crippen LogP) is 5.86. The van der Waals surface area contributed by atoms with Crippen LogP contribution in [0.2, 0.25) is 0 Å². The number of hydrogen-bond donors (Lipinski definition) is 0. The highest BCUT2D eigenvalue weighted by atomic mass is 16.5. The number of imidazole rings is 1. The Morgan fingerprint density at radius 3 is 2.50 bits per heavy atom. The number of aromatic nitrogens is 2. The van der Waals surface area contributed by atoms with Gasteiger partial charge in [0, 0.05) is 18.8 Å². The maximum absolute atomic E-state index is 13.9. The summed E-state index contributed by atoms with van der Waals surface area (Å²) in [5.41, 5.74) is 6.15. The minimum Gasteiger partial charge on any atom is -0.486 e. The average Bonchev–Trinajstić information content (AvgIpc) is 3.23. The van der Waals surface area contributed by atoms with Gasteiger partial charge in [-0.3, -0.25) is 4.79 Å². The molecule has 0 saturated heterocycles. The average molecular weight is 486 g/mol. The third-order valence-electron chi connectivity index (χ3n) is 6.35. The van der Waals surface area contributed by atoms with Crippen molar-refractivity contribution in [1.29, 1.82) is 0 Å². The second-order valence-corrected chi connectivity index (χ2v) is 8.88. The molecule has 0 bridgehead atoms. The van der Waals surface area contributed by atoms with E-state index in [0.29, 0.717) is 19.8 Å². The normalized spacial score (nSPS) is 11.1. The lowest BCUT2D eigenvalue weighted by molar-refractivity contribution is -0.119. The molecule has 0 radical (unpaired) electrons. The van der Waals surface area contributed by atoms with E-state index in [9.17, 15) is 4.79 Å². The SMILES string of the molecule is CCOCCN(C(=O)Cn1c(COc2ccc(C)cc2)nc2ccccc21)c1c(C)cccc1CC. The van der Waals surface area contributed by atoms with E-state index in [2.05, 4.69) is 26.0 Å². The van der Waals surface area contributed by atoms with E-state index < -0.39 is 0 Å². The number of aryl methyl sites for hydroxylation is 3. The summed E-state index contributed by atoms with van der Waals surface area (Å²) < 4.78 is 13.7. The van der Waals surface area contributed by atoms with Gasteiger partial charge >= 0.3 is 0 Å². The molecule has 0 unspecified atom stereocenters. The van der Waals surface area contributed by atoms with Gasteiger partial charge in [-0.15, -0.1) is 0 Å². The van der Waals surface area contributed by atoms with E-state index >= 15 is 0 Å². The second kappa shape index (κ2) is 11.9. The molecular weight excluding hydrogens is 450 g/mol. The van der Waals surface area contributed by atoms with Gasteiger partial charge in [0.15, 0.2) is 0 Å². The largest absolute Gasteiger partial charge is 0.486 e. The van der Waals surface area contributed by atoms with Gasteiger partial charge in [0.05, 0.1) is 17.6 Å². The van der Waals surface area contributed by atoms with E-state index in [1.807, 2.05) is 77.9 Å². The van der Waals surface area contributed by atoms with Gasteiger partial charge in [-0.25, -0.2) is 4.98 Å². The van der Waals surface area contributed by atoms with Crippen LogP contribution < -0.4 is 9.64 Å². The van der Waals surface area contributed by atoms with Crippen molar-refractivity contribution in [3.05, 3.63) is 89.2 Å². The molecule has 0 fully saturated rings. The zero-order chi connectivity index (χ0) is 25.5. The number of carbonyl (C=O) groups is 1. The van der Waals surface area contributed by atoms with Gasteiger partial charge in [0.25, 0.3) is 0 Å². The molecule has 188 valence electrons. The molecule has 0 aliphatic rings. The van der Waals surface area contributed by atoms with Crippen LogP contribution in [0.3, 0.4) is 0 Å². The monoisotopic (exact) mass is 485 g/mol. The third-order valence-corrected chi connectivity index (χ3v) is 6.35. The molecule has 0 aliphatic heterocycles. The summed E-state index contributed by atoms with van der Waals surface area (Å²) in [6, 6.07) is 22.0. The summed E-state index contributed by atoms with van der Waals surface area (Å²) in [4.78, 5) is 20.6. The van der Waals surface area contributed by atoms with Crippen molar-refractivity contribution in [3.8, 4) is 5.75 Å². The summed E-state index contributed by atoms with van der Waals surface area (Å²) >= 11 is 0. The first-order chi connectivity index (χ1) is 17.5. The van der Waals surface area contributed by atoms with Gasteiger partial charge in [-0.1, -0.05) is 55.0 Å². The fourth-order valence-electron chi connectivity index (χ4n) is 4.47. The zero-order valence-electron chi connectivity index (χ0n) is 21.7. The Hall–Kier alpha value is -3.64. The van der Waals surface area contributed by atoms with Crippen LogP contribution in [-0.2, 0) is 29.1 Å². The summed E-state index contributed by atoms with van der Waals surface area (Å²) in [6.45, 7) is 10.2. The minimum atomic E-state index is -0.00144. The molecular formula is C30H35N3O3. The summed E-state index contributed by atoms with van der Waals surface area (Å²) in [5.74, 6) is 1.49. The van der Waals surface area contributed by atoms with Crippen LogP contribution in [-0.4, -0.2) is 35.2 Å². The van der Waals surface area contributed by atoms with Gasteiger partial charge < -0.3 is 18.9 Å². The molecule has 1 aromatic heterocycles. The fourth-order valence-corrected chi connectivity index (χ4v) is 4.47. The molecule has 1 amide bonds. The van der Waals surface area contributed by atoms with Gasteiger partial charge in [-0.05, 0) is 62.6 Å². The van der Waals surface area contributed by atoms with Crippen molar-refractivity contribution >= 4 is 22.6 Å². The summed E-state index contributed by atoms with van der Waals surface area (Å²) in [6.07, 6.45) is 0.846. The lowest BCUT2D eigenvalue weighted by atomic mass is 10.0. The molecule has 3 aromatic carbocycles. The topological polar surface area (TPSA) is 56.6 Å². The van der Waals surface area contributed by atoms with Crippen molar-refractivity contribution in [2.45, 2.75) is 47.3 Å². The Labute approximate surface area is 213 Å². The molecule has 0 N–H and O–H groups in total. The number of anilines is 1. The van der Waals surface area contributed by atoms with Crippen molar-refractivity contribution in [1.82, 2.24) is 9.55 Å². The highest BCUT2D eigenvalue weighted by molar-refractivity contribution is 5.95. The first-order valence-electron chi connectivity index (χ1n) is 12.6. The van der Waals surface area contributed by atoms with E-state index in [-0.39, 0.29) is 19.1 Å². The number of para-hydroxylation sites is 3. The highest BCUT2D eigenvalue weighted by Crippen LogP contribution is 2.27. The van der Waals surface area contributed by atoms with Crippen molar-refractivity contribution in [3.63, 3.8) is 0 Å². The number of amides is 1. The molecule has 1 heterocycles. The molecule has 0 atom stereocenters. The Morgan fingerprint density at radius 2 is 1.75 bits per heavy atom. The Bertz CT molecular complexity index is 1310. The molecule has 0 aliphatic carbocycles. The van der Waals surface area contributed by atoms with Crippen LogP contribution in [0.15, 0.2) is 66.7 Å². The van der Waals surface area contributed by atoms with Gasteiger partial charge in [-0.2, -0.15) is 0 Å². The Morgan fingerprint density at radius 1 is 0.972 bits per heavy atom. The molecule has 6 heteroatoms. The van der Waals surface area contributed by atoms with Crippen molar-refractivity contribution < 1.29 is 14.3 Å². The summed E-state index contributed by atoms with van der Waals surface area (Å²) in [7, 11) is 0. The number of rotatable bonds is 11. The molecule has 36 heavy (non-hydrogen) atoms. The number of ether oxygens (including phenoxy) is 2. The van der Waals surface area contributed by atoms with Gasteiger partial charge in [0.2, 0.25) is 5.91 Å². The molecule has 0 saturated carbocycles. The molecule has 6 nitrogen and oxygen atoms in total. The van der Waals surface area contributed by atoms with E-state index in [0.717, 1.165) is 45.8 Å². The van der Waals surface area contributed by atoms with Gasteiger partial charge in [0.1, 0.15) is 24.7 Å². The highest BCUT2D eigenvalue weighted by Gasteiger charge is 2.23. The van der Waals surface area contributed by atoms with E-state index in [4.69, 9.17) is 14.5 Å². The standard InChI is InChI=1S/C30H35N3O3/c1-5-24-11-9-10-23(4)30(24)32(18-19-35-6-2)29(34)20-33-27-13-8-7-12-26(27)31-28(33)21-36-25-16-14-22(3)15-17-25/h7-17H,5-6,18-21H2,1-4H3. The number of nitrogens with zero attached hydrogens (tertiary/aromatic N) is 3. The van der Waals surface area contributed by atoms with Crippen LogP contribution >= 0.6 is 0 Å². The second-order valence-electron chi connectivity index (χ2n) is 8.88. The van der Waals surface area contributed by atoms with Crippen LogP contribution in [0.4, 0.5) is 5.69 Å². The van der Waals surface area contributed by atoms with Crippen molar-refractivity contribution in [2.75, 3.05) is 24.7 Å². The Balaban J connectivity index is 1.66. The number of benzene rings is 3. The lowest BCUT2D eigenvalue weighted by Gasteiger charge is -2.27. The third kappa shape index (κ3) is 5.77. The van der Waals surface area contributed by atoms with Crippen LogP contribution in [0.5, 0.6) is 5.75 Å². The van der Waals surface area contributed by atoms with E-state index in [1.54, 1.807) is 0 Å². The Kier molecular flexibility index (Phi) is 8.39. The molecule has 4 rings (SSSR count). The van der Waals surface area contributed by atoms with E-state index in [1.165, 1.54) is 5.56 Å². The predicted molar refractivity (Wildman–Crippen MR) is 145 cm³/mol. The van der Waals surface area contributed by atoms with Crippen LogP contribution in [0.1, 0.15) is 36.4 Å². The lowest BCUT2D eigenvalue weighted by Crippen LogP contribution is -2.38. The van der Waals surface area contributed by atoms with Crippen LogP contribution in [0.25, 0.3) is 11.0 Å². The number of fused-ring (bicyclic) bond motifs is 1. The first kappa shape index (κ1) is 25.5. The number of hydrogen-bond acceptors (Lipinski definition) is 4. The summed E-state index contributed by atoms with van der Waals surface area (Å²) in [5, 5.41) is 0. The first-order valence-corrected chi connectivity index (χ1v) is 12.6. The maximum Gasteiger partial charge on any atom is 0.247 e. The van der Waals surface area contributed by atoms with Crippen LogP contribution in [0, 0.1) is 13.8 Å². The zero-order valence-corrected chi connectivity index (χ0v) is 21.7.